The summed E-state index contributed by atoms with van der Waals surface area (Å²) in [6.45, 7) is 4.78. The molecule has 132 valence electrons. The van der Waals surface area contributed by atoms with Gasteiger partial charge < -0.3 is 19.3 Å². The molecule has 23 heavy (non-hydrogen) atoms. The summed E-state index contributed by atoms with van der Waals surface area (Å²) in [4.78, 5) is 0. The first-order valence-corrected chi connectivity index (χ1v) is 8.85. The van der Waals surface area contributed by atoms with Crippen LogP contribution in [0.15, 0.2) is 24.3 Å². The van der Waals surface area contributed by atoms with Crippen LogP contribution in [0.2, 0.25) is 0 Å². The Morgan fingerprint density at radius 3 is 2.13 bits per heavy atom. The van der Waals surface area contributed by atoms with Crippen LogP contribution in [0.5, 0.6) is 5.75 Å². The largest absolute Gasteiger partial charge is 0.491 e. The van der Waals surface area contributed by atoms with Crippen molar-refractivity contribution in [2.75, 3.05) is 39.6 Å². The predicted octanol–water partition coefficient (Wildman–Crippen LogP) is 3.60. The first kappa shape index (κ1) is 19.9. The van der Waals surface area contributed by atoms with Gasteiger partial charge >= 0.3 is 0 Å². The molecule has 0 aliphatic carbocycles. The van der Waals surface area contributed by atoms with Gasteiger partial charge in [0.1, 0.15) is 12.4 Å². The maximum atomic E-state index is 8.55. The van der Waals surface area contributed by atoms with E-state index < -0.39 is 0 Å². The Kier molecular flexibility index (Phi) is 12.6. The standard InChI is InChI=1S/C19H32O4/c1-2-3-4-5-6-7-18-8-10-19(11-9-18)23-17-16-22-15-14-21-13-12-20/h8-11,20H,2-7,12-17H2,1H3. The van der Waals surface area contributed by atoms with Gasteiger partial charge in [0.15, 0.2) is 0 Å². The van der Waals surface area contributed by atoms with E-state index in [2.05, 4.69) is 19.1 Å². The van der Waals surface area contributed by atoms with Gasteiger partial charge in [-0.15, -0.1) is 0 Å². The van der Waals surface area contributed by atoms with E-state index in [9.17, 15) is 0 Å². The number of aliphatic hydroxyl groups excluding tert-OH is 1. The Morgan fingerprint density at radius 1 is 0.783 bits per heavy atom. The molecule has 0 radical (unpaired) electrons. The van der Waals surface area contributed by atoms with Gasteiger partial charge in [-0.25, -0.2) is 0 Å². The number of hydrogen-bond donors (Lipinski definition) is 1. The van der Waals surface area contributed by atoms with Crippen LogP contribution in [-0.4, -0.2) is 44.7 Å². The molecule has 1 aromatic rings. The molecule has 0 heterocycles. The molecule has 0 saturated carbocycles. The molecular weight excluding hydrogens is 292 g/mol. The normalized spacial score (nSPS) is 10.9. The molecule has 0 bridgehead atoms. The highest BCUT2D eigenvalue weighted by atomic mass is 16.5. The minimum atomic E-state index is 0.0534. The number of hydrogen-bond acceptors (Lipinski definition) is 4. The second-order valence-electron chi connectivity index (χ2n) is 5.60. The molecule has 0 amide bonds. The van der Waals surface area contributed by atoms with E-state index in [1.54, 1.807) is 0 Å². The topological polar surface area (TPSA) is 47.9 Å². The maximum absolute atomic E-state index is 8.55. The van der Waals surface area contributed by atoms with Gasteiger partial charge in [0.05, 0.1) is 33.0 Å². The van der Waals surface area contributed by atoms with Crippen LogP contribution in [0.25, 0.3) is 0 Å². The number of aliphatic hydroxyl groups is 1. The van der Waals surface area contributed by atoms with Crippen molar-refractivity contribution in [1.82, 2.24) is 0 Å². The Morgan fingerprint density at radius 2 is 1.43 bits per heavy atom. The molecule has 0 aliphatic heterocycles. The zero-order valence-corrected chi connectivity index (χ0v) is 14.5. The van der Waals surface area contributed by atoms with Crippen molar-refractivity contribution in [3.8, 4) is 5.75 Å². The van der Waals surface area contributed by atoms with E-state index in [1.807, 2.05) is 12.1 Å². The van der Waals surface area contributed by atoms with E-state index in [1.165, 1.54) is 37.7 Å². The van der Waals surface area contributed by atoms with E-state index in [0.717, 1.165) is 12.2 Å². The third-order valence-corrected chi connectivity index (χ3v) is 3.60. The molecule has 0 aliphatic rings. The summed E-state index contributed by atoms with van der Waals surface area (Å²) in [6.07, 6.45) is 7.75. The molecule has 4 nitrogen and oxygen atoms in total. The molecule has 1 rings (SSSR count). The smallest absolute Gasteiger partial charge is 0.119 e. The monoisotopic (exact) mass is 324 g/mol. The first-order valence-electron chi connectivity index (χ1n) is 8.85. The van der Waals surface area contributed by atoms with Crippen LogP contribution >= 0.6 is 0 Å². The molecule has 0 aromatic heterocycles. The quantitative estimate of drug-likeness (QED) is 0.501. The number of rotatable bonds is 15. The lowest BCUT2D eigenvalue weighted by atomic mass is 10.1. The summed E-state index contributed by atoms with van der Waals surface area (Å²) in [5, 5.41) is 8.55. The molecule has 0 spiro atoms. The summed E-state index contributed by atoms with van der Waals surface area (Å²) in [7, 11) is 0. The van der Waals surface area contributed by atoms with Gasteiger partial charge in [0.2, 0.25) is 0 Å². The van der Waals surface area contributed by atoms with Crippen molar-refractivity contribution in [3.63, 3.8) is 0 Å². The van der Waals surface area contributed by atoms with Crippen molar-refractivity contribution < 1.29 is 19.3 Å². The number of unbranched alkanes of at least 4 members (excludes halogenated alkanes) is 4. The summed E-state index contributed by atoms with van der Waals surface area (Å²) in [6, 6.07) is 8.37. The number of ether oxygens (including phenoxy) is 3. The number of benzene rings is 1. The fourth-order valence-electron chi connectivity index (χ4n) is 2.29. The highest BCUT2D eigenvalue weighted by molar-refractivity contribution is 5.27. The van der Waals surface area contributed by atoms with Crippen molar-refractivity contribution in [1.29, 1.82) is 0 Å². The third kappa shape index (κ3) is 11.1. The van der Waals surface area contributed by atoms with E-state index in [-0.39, 0.29) is 6.61 Å². The summed E-state index contributed by atoms with van der Waals surface area (Å²) in [5.74, 6) is 0.889. The summed E-state index contributed by atoms with van der Waals surface area (Å²) < 4.78 is 16.1. The molecule has 1 N–H and O–H groups in total. The van der Waals surface area contributed by atoms with Crippen molar-refractivity contribution in [2.24, 2.45) is 0 Å². The summed E-state index contributed by atoms with van der Waals surface area (Å²) >= 11 is 0. The van der Waals surface area contributed by atoms with Gasteiger partial charge in [0.25, 0.3) is 0 Å². The van der Waals surface area contributed by atoms with E-state index in [4.69, 9.17) is 19.3 Å². The molecule has 1 aromatic carbocycles. The van der Waals surface area contributed by atoms with Gasteiger partial charge in [-0.3, -0.25) is 0 Å². The van der Waals surface area contributed by atoms with Crippen molar-refractivity contribution in [3.05, 3.63) is 29.8 Å². The van der Waals surface area contributed by atoms with Crippen molar-refractivity contribution >= 4 is 0 Å². The van der Waals surface area contributed by atoms with Gasteiger partial charge in [0, 0.05) is 0 Å². The zero-order valence-electron chi connectivity index (χ0n) is 14.5. The zero-order chi connectivity index (χ0) is 16.6. The lowest BCUT2D eigenvalue weighted by Crippen LogP contribution is -2.11. The average Bonchev–Trinajstić information content (AvgIpc) is 2.58. The Labute approximate surface area is 140 Å². The van der Waals surface area contributed by atoms with Crippen LogP contribution in [0.1, 0.15) is 44.6 Å². The Bertz CT molecular complexity index is 364. The van der Waals surface area contributed by atoms with Gasteiger partial charge in [-0.2, -0.15) is 0 Å². The number of aryl methyl sites for hydroxylation is 1. The second-order valence-corrected chi connectivity index (χ2v) is 5.60. The lowest BCUT2D eigenvalue weighted by Gasteiger charge is -2.08. The van der Waals surface area contributed by atoms with Crippen LogP contribution in [0.3, 0.4) is 0 Å². The summed E-state index contributed by atoms with van der Waals surface area (Å²) in [5.41, 5.74) is 1.38. The third-order valence-electron chi connectivity index (χ3n) is 3.60. The first-order chi connectivity index (χ1) is 11.4. The van der Waals surface area contributed by atoms with Crippen LogP contribution < -0.4 is 4.74 Å². The van der Waals surface area contributed by atoms with E-state index >= 15 is 0 Å². The van der Waals surface area contributed by atoms with Gasteiger partial charge in [-0.1, -0.05) is 44.7 Å². The fraction of sp³-hybridized carbons (Fsp3) is 0.684. The molecule has 4 heteroatoms. The molecule has 0 unspecified atom stereocenters. The highest BCUT2D eigenvalue weighted by Crippen LogP contribution is 2.14. The Hall–Kier alpha value is -1.10. The van der Waals surface area contributed by atoms with Crippen LogP contribution in [-0.2, 0) is 15.9 Å². The molecule has 0 fully saturated rings. The lowest BCUT2D eigenvalue weighted by molar-refractivity contribution is 0.0247. The minimum absolute atomic E-state index is 0.0534. The fourth-order valence-corrected chi connectivity index (χ4v) is 2.29. The van der Waals surface area contributed by atoms with E-state index in [0.29, 0.717) is 33.0 Å². The SMILES string of the molecule is CCCCCCCc1ccc(OCCOCCOCCO)cc1. The van der Waals surface area contributed by atoms with Crippen LogP contribution in [0, 0.1) is 0 Å². The van der Waals surface area contributed by atoms with Crippen molar-refractivity contribution in [2.45, 2.75) is 45.4 Å². The second kappa shape index (κ2) is 14.5. The van der Waals surface area contributed by atoms with Crippen LogP contribution in [0.4, 0.5) is 0 Å². The van der Waals surface area contributed by atoms with Gasteiger partial charge in [-0.05, 0) is 30.5 Å². The Balaban J connectivity index is 2.03. The molecular formula is C19H32O4. The predicted molar refractivity (Wildman–Crippen MR) is 93.1 cm³/mol. The minimum Gasteiger partial charge on any atom is -0.491 e. The molecule has 0 saturated heterocycles. The molecule has 0 atom stereocenters. The highest BCUT2D eigenvalue weighted by Gasteiger charge is 1.97. The maximum Gasteiger partial charge on any atom is 0.119 e. The average molecular weight is 324 g/mol.